The van der Waals surface area contributed by atoms with Crippen molar-refractivity contribution in [3.05, 3.63) is 59.1 Å². The van der Waals surface area contributed by atoms with Crippen molar-refractivity contribution in [1.29, 1.82) is 0 Å². The number of rotatable bonds is 8. The highest BCUT2D eigenvalue weighted by Gasteiger charge is 2.23. The number of amides is 1. The second-order valence-corrected chi connectivity index (χ2v) is 9.62. The van der Waals surface area contributed by atoms with Crippen molar-refractivity contribution in [3.63, 3.8) is 0 Å². The van der Waals surface area contributed by atoms with Crippen LogP contribution in [0.2, 0.25) is 5.02 Å². The zero-order chi connectivity index (χ0) is 20.9. The zero-order valence-electron chi connectivity index (χ0n) is 16.5. The Kier molecular flexibility index (Phi) is 7.16. The summed E-state index contributed by atoms with van der Waals surface area (Å²) in [6, 6.07) is 14.3. The van der Waals surface area contributed by atoms with Crippen molar-refractivity contribution in [1.82, 2.24) is 9.62 Å². The maximum atomic E-state index is 12.5. The summed E-state index contributed by atoms with van der Waals surface area (Å²) in [5, 5.41) is 3.28. The first kappa shape index (κ1) is 21.6. The molecule has 1 aliphatic heterocycles. The van der Waals surface area contributed by atoms with Gasteiger partial charge in [0.15, 0.2) is 0 Å². The Morgan fingerprint density at radius 3 is 2.66 bits per heavy atom. The van der Waals surface area contributed by atoms with E-state index in [1.54, 1.807) is 0 Å². The third kappa shape index (κ3) is 5.50. The number of hydrogen-bond donors (Lipinski definition) is 1. The first-order valence-corrected chi connectivity index (χ1v) is 11.5. The van der Waals surface area contributed by atoms with Gasteiger partial charge in [0.25, 0.3) is 0 Å². The summed E-state index contributed by atoms with van der Waals surface area (Å²) in [4.78, 5) is 14.6. The minimum absolute atomic E-state index is 0.112. The lowest BCUT2D eigenvalue weighted by molar-refractivity contribution is -0.121. The van der Waals surface area contributed by atoms with Gasteiger partial charge in [-0.15, -0.1) is 0 Å². The first-order valence-electron chi connectivity index (χ1n) is 9.69. The average Bonchev–Trinajstić information content (AvgIpc) is 2.71. The molecule has 1 N–H and O–H groups in total. The van der Waals surface area contributed by atoms with E-state index in [1.165, 1.54) is 42.6 Å². The molecule has 1 aliphatic rings. The smallest absolute Gasteiger partial charge is 0.243 e. The number of hydrogen-bond acceptors (Lipinski definition) is 4. The number of likely N-dealkylation sites (N-methyl/N-ethyl adjacent to an activating group) is 1. The largest absolute Gasteiger partial charge is 0.371 e. The number of para-hydroxylation sites is 1. The number of aryl methyl sites for hydroxylation is 1. The van der Waals surface area contributed by atoms with Crippen LogP contribution in [0.1, 0.15) is 18.4 Å². The molecule has 0 saturated heterocycles. The number of halogens is 1. The quantitative estimate of drug-likeness (QED) is 0.647. The van der Waals surface area contributed by atoms with E-state index in [-0.39, 0.29) is 17.3 Å². The van der Waals surface area contributed by atoms with Gasteiger partial charge in [-0.2, -0.15) is 4.31 Å². The number of anilines is 1. The van der Waals surface area contributed by atoms with Crippen LogP contribution in [0.15, 0.2) is 53.4 Å². The molecule has 1 amide bonds. The van der Waals surface area contributed by atoms with E-state index >= 15 is 0 Å². The lowest BCUT2D eigenvalue weighted by Gasteiger charge is -2.31. The molecule has 0 bridgehead atoms. The van der Waals surface area contributed by atoms with Gasteiger partial charge in [-0.05, 0) is 55.2 Å². The van der Waals surface area contributed by atoms with Crippen molar-refractivity contribution in [2.24, 2.45) is 0 Å². The van der Waals surface area contributed by atoms with Gasteiger partial charge in [0.1, 0.15) is 0 Å². The molecule has 0 spiro atoms. The van der Waals surface area contributed by atoms with Gasteiger partial charge in [-0.1, -0.05) is 29.8 Å². The highest BCUT2D eigenvalue weighted by Crippen LogP contribution is 2.26. The second kappa shape index (κ2) is 9.61. The van der Waals surface area contributed by atoms with Gasteiger partial charge in [-0.25, -0.2) is 8.42 Å². The van der Waals surface area contributed by atoms with Crippen molar-refractivity contribution < 1.29 is 13.2 Å². The lowest BCUT2D eigenvalue weighted by atomic mass is 10.0. The van der Waals surface area contributed by atoms with Crippen molar-refractivity contribution in [3.8, 4) is 0 Å². The molecule has 29 heavy (non-hydrogen) atoms. The maximum Gasteiger partial charge on any atom is 0.243 e. The fourth-order valence-electron chi connectivity index (χ4n) is 3.47. The van der Waals surface area contributed by atoms with Crippen LogP contribution in [0.25, 0.3) is 0 Å². The van der Waals surface area contributed by atoms with Crippen molar-refractivity contribution >= 4 is 33.2 Å². The van der Waals surface area contributed by atoms with Gasteiger partial charge in [0.05, 0.1) is 11.4 Å². The number of sulfonamides is 1. The minimum Gasteiger partial charge on any atom is -0.371 e. The van der Waals surface area contributed by atoms with Gasteiger partial charge in [0.2, 0.25) is 15.9 Å². The highest BCUT2D eigenvalue weighted by molar-refractivity contribution is 7.89. The predicted molar refractivity (Wildman–Crippen MR) is 116 cm³/mol. The Labute approximate surface area is 177 Å². The van der Waals surface area contributed by atoms with Crippen LogP contribution in [-0.2, 0) is 21.2 Å². The summed E-state index contributed by atoms with van der Waals surface area (Å²) in [5.74, 6) is -0.316. The van der Waals surface area contributed by atoms with E-state index in [2.05, 4.69) is 34.5 Å². The summed E-state index contributed by atoms with van der Waals surface area (Å²) in [6.07, 6.45) is 3.04. The number of carbonyl (C=O) groups excluding carboxylic acids is 1. The Morgan fingerprint density at radius 2 is 1.90 bits per heavy atom. The van der Waals surface area contributed by atoms with Crippen LogP contribution in [0.3, 0.4) is 0 Å². The van der Waals surface area contributed by atoms with Crippen molar-refractivity contribution in [2.75, 3.05) is 38.1 Å². The molecule has 3 rings (SSSR count). The molecule has 6 nitrogen and oxygen atoms in total. The van der Waals surface area contributed by atoms with Crippen LogP contribution >= 0.6 is 11.6 Å². The Bertz CT molecular complexity index is 948. The molecule has 156 valence electrons. The van der Waals surface area contributed by atoms with Crippen LogP contribution < -0.4 is 10.2 Å². The third-order valence-corrected chi connectivity index (χ3v) is 7.09. The molecule has 0 radical (unpaired) electrons. The molecule has 2 aromatic rings. The minimum atomic E-state index is -3.73. The topological polar surface area (TPSA) is 69.7 Å². The molecule has 0 aliphatic carbocycles. The molecule has 1 heterocycles. The van der Waals surface area contributed by atoms with Gasteiger partial charge >= 0.3 is 0 Å². The lowest BCUT2D eigenvalue weighted by Crippen LogP contribution is -2.39. The third-order valence-electron chi connectivity index (χ3n) is 5.02. The standard InChI is InChI=1S/C21H26ClN3O3S/c1-24(29(27,28)19-11-9-18(22)10-12-19)16-21(26)23-13-5-15-25-14-4-7-17-6-2-3-8-20(17)25/h2-3,6,8-12H,4-5,7,13-16H2,1H3,(H,23,26). The van der Waals surface area contributed by atoms with E-state index < -0.39 is 10.0 Å². The number of carbonyl (C=O) groups is 1. The van der Waals surface area contributed by atoms with Crippen LogP contribution in [-0.4, -0.2) is 51.9 Å². The molecule has 0 saturated carbocycles. The van der Waals surface area contributed by atoms with Gasteiger partial charge < -0.3 is 10.2 Å². The molecular formula is C21H26ClN3O3S. The van der Waals surface area contributed by atoms with Gasteiger partial charge in [0, 0.05) is 37.4 Å². The van der Waals surface area contributed by atoms with E-state index in [9.17, 15) is 13.2 Å². The Balaban J connectivity index is 1.45. The second-order valence-electron chi connectivity index (χ2n) is 7.14. The fraction of sp³-hybridized carbons (Fsp3) is 0.381. The highest BCUT2D eigenvalue weighted by atomic mass is 35.5. The van der Waals surface area contributed by atoms with Crippen molar-refractivity contribution in [2.45, 2.75) is 24.2 Å². The summed E-state index contributed by atoms with van der Waals surface area (Å²) >= 11 is 5.80. The number of nitrogens with zero attached hydrogens (tertiary/aromatic N) is 2. The van der Waals surface area contributed by atoms with E-state index in [1.807, 2.05) is 0 Å². The number of benzene rings is 2. The maximum absolute atomic E-state index is 12.5. The molecular weight excluding hydrogens is 410 g/mol. The summed E-state index contributed by atoms with van der Waals surface area (Å²) in [5.41, 5.74) is 2.65. The zero-order valence-corrected chi connectivity index (χ0v) is 18.0. The monoisotopic (exact) mass is 435 g/mol. The normalized spacial score (nSPS) is 14.0. The number of nitrogens with one attached hydrogen (secondary N) is 1. The first-order chi connectivity index (χ1) is 13.9. The molecule has 0 atom stereocenters. The average molecular weight is 436 g/mol. The van der Waals surface area contributed by atoms with E-state index in [0.717, 1.165) is 36.7 Å². The Hall–Kier alpha value is -2.09. The SMILES string of the molecule is CN(CC(=O)NCCCN1CCCc2ccccc21)S(=O)(=O)c1ccc(Cl)cc1. The van der Waals surface area contributed by atoms with Crippen LogP contribution in [0.4, 0.5) is 5.69 Å². The fourth-order valence-corrected chi connectivity index (χ4v) is 4.72. The van der Waals surface area contributed by atoms with Crippen LogP contribution in [0.5, 0.6) is 0 Å². The summed E-state index contributed by atoms with van der Waals surface area (Å²) in [6.45, 7) is 2.16. The predicted octanol–water partition coefficient (Wildman–Crippen LogP) is 2.92. The molecule has 0 aromatic heterocycles. The summed E-state index contributed by atoms with van der Waals surface area (Å²) in [7, 11) is -2.33. The summed E-state index contributed by atoms with van der Waals surface area (Å²) < 4.78 is 26.1. The molecule has 8 heteroatoms. The number of fused-ring (bicyclic) bond motifs is 1. The Morgan fingerprint density at radius 1 is 1.17 bits per heavy atom. The van der Waals surface area contributed by atoms with E-state index in [0.29, 0.717) is 11.6 Å². The molecule has 0 unspecified atom stereocenters. The van der Waals surface area contributed by atoms with E-state index in [4.69, 9.17) is 11.6 Å². The molecule has 2 aromatic carbocycles. The van der Waals surface area contributed by atoms with Gasteiger partial charge in [-0.3, -0.25) is 4.79 Å². The van der Waals surface area contributed by atoms with Crippen LogP contribution in [0, 0.1) is 0 Å². The molecule has 0 fully saturated rings.